The number of Topliss-reactive ketones (excluding diaryl/α,β-unsaturated/α-hetero) is 1. The Bertz CT molecular complexity index is 644. The van der Waals surface area contributed by atoms with Gasteiger partial charge in [0, 0.05) is 5.56 Å². The van der Waals surface area contributed by atoms with Crippen molar-refractivity contribution in [3.05, 3.63) is 54.1 Å². The van der Waals surface area contributed by atoms with Crippen LogP contribution < -0.4 is 9.47 Å². The summed E-state index contributed by atoms with van der Waals surface area (Å²) in [6, 6.07) is 13.7. The number of hydrogen-bond acceptors (Lipinski definition) is 5. The Morgan fingerprint density at radius 3 is 1.82 bits per heavy atom. The molecule has 5 heteroatoms. The first-order valence-corrected chi connectivity index (χ1v) is 6.64. The van der Waals surface area contributed by atoms with Gasteiger partial charge in [0.1, 0.15) is 23.7 Å². The third kappa shape index (κ3) is 4.09. The Morgan fingerprint density at radius 2 is 1.32 bits per heavy atom. The number of methoxy groups -OCH3 is 2. The first-order valence-electron chi connectivity index (χ1n) is 6.64. The van der Waals surface area contributed by atoms with Gasteiger partial charge >= 0.3 is 5.97 Å². The molecule has 0 aliphatic carbocycles. The minimum Gasteiger partial charge on any atom is -0.497 e. The van der Waals surface area contributed by atoms with Gasteiger partial charge in [0.2, 0.25) is 0 Å². The fourth-order valence-corrected chi connectivity index (χ4v) is 1.79. The van der Waals surface area contributed by atoms with Crippen LogP contribution in [0.25, 0.3) is 0 Å². The van der Waals surface area contributed by atoms with E-state index in [1.165, 1.54) is 7.11 Å². The highest BCUT2D eigenvalue weighted by molar-refractivity contribution is 6.05. The van der Waals surface area contributed by atoms with Crippen LogP contribution in [0.2, 0.25) is 0 Å². The lowest BCUT2D eigenvalue weighted by atomic mass is 10.1. The molecule has 0 saturated heterocycles. The van der Waals surface area contributed by atoms with E-state index in [-0.39, 0.29) is 12.2 Å². The number of hydrogen-bond donors (Lipinski definition) is 0. The van der Waals surface area contributed by atoms with Gasteiger partial charge in [0.25, 0.3) is 0 Å². The summed E-state index contributed by atoms with van der Waals surface area (Å²) in [6.07, 6.45) is -0.269. The van der Waals surface area contributed by atoms with Gasteiger partial charge in [0.15, 0.2) is 5.78 Å². The van der Waals surface area contributed by atoms with Gasteiger partial charge in [-0.25, -0.2) is 0 Å². The number of carbonyl (C=O) groups excluding carboxylic acids is 2. The van der Waals surface area contributed by atoms with Crippen molar-refractivity contribution in [1.29, 1.82) is 0 Å². The molecule has 114 valence electrons. The second-order valence-corrected chi connectivity index (χ2v) is 4.48. The van der Waals surface area contributed by atoms with E-state index in [9.17, 15) is 9.59 Å². The van der Waals surface area contributed by atoms with Crippen LogP contribution >= 0.6 is 0 Å². The molecule has 0 unspecified atom stereocenters. The Kier molecular flexibility index (Phi) is 5.14. The molecule has 0 N–H and O–H groups in total. The fraction of sp³-hybridized carbons (Fsp3) is 0.176. The predicted octanol–water partition coefficient (Wildman–Crippen LogP) is 3.23. The molecule has 0 saturated carbocycles. The summed E-state index contributed by atoms with van der Waals surface area (Å²) in [5.41, 5.74) is 0.437. The van der Waals surface area contributed by atoms with E-state index < -0.39 is 5.97 Å². The van der Waals surface area contributed by atoms with Crippen LogP contribution in [0, 0.1) is 0 Å². The van der Waals surface area contributed by atoms with Gasteiger partial charge in [-0.2, -0.15) is 0 Å². The molecule has 0 spiro atoms. The topological polar surface area (TPSA) is 61.8 Å². The first-order chi connectivity index (χ1) is 10.6. The lowest BCUT2D eigenvalue weighted by molar-refractivity contribution is -0.139. The van der Waals surface area contributed by atoms with Gasteiger partial charge in [-0.15, -0.1) is 0 Å². The zero-order valence-electron chi connectivity index (χ0n) is 12.4. The Balaban J connectivity index is 2.01. The average Bonchev–Trinajstić information content (AvgIpc) is 2.56. The van der Waals surface area contributed by atoms with Gasteiger partial charge in [-0.1, -0.05) is 0 Å². The second kappa shape index (κ2) is 7.26. The number of ether oxygens (including phenoxy) is 3. The molecule has 0 aliphatic heterocycles. The molecule has 0 fully saturated rings. The van der Waals surface area contributed by atoms with E-state index >= 15 is 0 Å². The van der Waals surface area contributed by atoms with Crippen LogP contribution in [0.4, 0.5) is 0 Å². The molecular weight excluding hydrogens is 284 g/mol. The van der Waals surface area contributed by atoms with Crippen molar-refractivity contribution in [3.63, 3.8) is 0 Å². The quantitative estimate of drug-likeness (QED) is 0.465. The molecule has 2 aromatic carbocycles. The molecule has 0 atom stereocenters. The van der Waals surface area contributed by atoms with E-state index in [2.05, 4.69) is 4.74 Å². The van der Waals surface area contributed by atoms with Crippen molar-refractivity contribution in [3.8, 4) is 17.2 Å². The monoisotopic (exact) mass is 300 g/mol. The lowest BCUT2D eigenvalue weighted by Crippen LogP contribution is -2.09. The molecule has 0 heterocycles. The van der Waals surface area contributed by atoms with Crippen molar-refractivity contribution in [1.82, 2.24) is 0 Å². The molecule has 22 heavy (non-hydrogen) atoms. The summed E-state index contributed by atoms with van der Waals surface area (Å²) in [7, 11) is 2.85. The molecule has 0 amide bonds. The minimum atomic E-state index is -0.552. The molecule has 2 aromatic rings. The molecule has 0 aromatic heterocycles. The van der Waals surface area contributed by atoms with E-state index in [0.717, 1.165) is 5.75 Å². The van der Waals surface area contributed by atoms with Crippen molar-refractivity contribution in [2.24, 2.45) is 0 Å². The van der Waals surface area contributed by atoms with Crippen molar-refractivity contribution in [2.45, 2.75) is 6.42 Å². The van der Waals surface area contributed by atoms with Crippen LogP contribution in [0.1, 0.15) is 16.8 Å². The first kappa shape index (κ1) is 15.6. The third-order valence-corrected chi connectivity index (χ3v) is 3.00. The molecule has 0 bridgehead atoms. The average molecular weight is 300 g/mol. The molecular formula is C17H16O5. The van der Waals surface area contributed by atoms with Crippen molar-refractivity contribution < 1.29 is 23.8 Å². The smallest absolute Gasteiger partial charge is 0.313 e. The van der Waals surface area contributed by atoms with Crippen molar-refractivity contribution >= 4 is 11.8 Å². The zero-order chi connectivity index (χ0) is 15.9. The standard InChI is InChI=1S/C17H16O5/c1-20-13-7-9-15(10-8-13)22-14-5-3-12(4-6-14)16(18)11-17(19)21-2/h3-10H,11H2,1-2H3. The van der Waals surface area contributed by atoms with Crippen LogP contribution in [0.3, 0.4) is 0 Å². The van der Waals surface area contributed by atoms with E-state index in [0.29, 0.717) is 17.1 Å². The van der Waals surface area contributed by atoms with Crippen LogP contribution in [-0.4, -0.2) is 26.0 Å². The summed E-state index contributed by atoms with van der Waals surface area (Å²) >= 11 is 0. The van der Waals surface area contributed by atoms with Crippen LogP contribution in [0.15, 0.2) is 48.5 Å². The summed E-state index contributed by atoms with van der Waals surface area (Å²) in [5.74, 6) is 1.16. The normalized spacial score (nSPS) is 9.91. The number of esters is 1. The third-order valence-electron chi connectivity index (χ3n) is 3.00. The predicted molar refractivity (Wildman–Crippen MR) is 80.5 cm³/mol. The maximum atomic E-state index is 11.8. The van der Waals surface area contributed by atoms with Gasteiger partial charge in [0.05, 0.1) is 14.2 Å². The number of carbonyl (C=O) groups is 2. The summed E-state index contributed by atoms with van der Waals surface area (Å²) in [5, 5.41) is 0. The summed E-state index contributed by atoms with van der Waals surface area (Å²) in [6.45, 7) is 0. The summed E-state index contributed by atoms with van der Waals surface area (Å²) in [4.78, 5) is 22.9. The summed E-state index contributed by atoms with van der Waals surface area (Å²) < 4.78 is 15.2. The number of ketones is 1. The number of benzene rings is 2. The largest absolute Gasteiger partial charge is 0.497 e. The maximum absolute atomic E-state index is 11.8. The Morgan fingerprint density at radius 1 is 0.818 bits per heavy atom. The van der Waals surface area contributed by atoms with Crippen LogP contribution in [0.5, 0.6) is 17.2 Å². The zero-order valence-corrected chi connectivity index (χ0v) is 12.4. The van der Waals surface area contributed by atoms with Crippen molar-refractivity contribution in [2.75, 3.05) is 14.2 Å². The van der Waals surface area contributed by atoms with E-state index in [1.54, 1.807) is 55.6 Å². The minimum absolute atomic E-state index is 0.269. The SMILES string of the molecule is COC(=O)CC(=O)c1ccc(Oc2ccc(OC)cc2)cc1. The lowest BCUT2D eigenvalue weighted by Gasteiger charge is -2.07. The highest BCUT2D eigenvalue weighted by Gasteiger charge is 2.12. The fourth-order valence-electron chi connectivity index (χ4n) is 1.79. The van der Waals surface area contributed by atoms with Gasteiger partial charge < -0.3 is 14.2 Å². The van der Waals surface area contributed by atoms with E-state index in [4.69, 9.17) is 9.47 Å². The van der Waals surface area contributed by atoms with Gasteiger partial charge in [-0.3, -0.25) is 9.59 Å². The van der Waals surface area contributed by atoms with Gasteiger partial charge in [-0.05, 0) is 48.5 Å². The Hall–Kier alpha value is -2.82. The Labute approximate surface area is 128 Å². The highest BCUT2D eigenvalue weighted by atomic mass is 16.5. The molecule has 0 radical (unpaired) electrons. The van der Waals surface area contributed by atoms with E-state index in [1.807, 2.05) is 0 Å². The van der Waals surface area contributed by atoms with Crippen LogP contribution in [-0.2, 0) is 9.53 Å². The molecule has 2 rings (SSSR count). The maximum Gasteiger partial charge on any atom is 0.313 e. The highest BCUT2D eigenvalue weighted by Crippen LogP contribution is 2.24. The second-order valence-electron chi connectivity index (χ2n) is 4.48. The molecule has 5 nitrogen and oxygen atoms in total. The molecule has 0 aliphatic rings. The number of rotatable bonds is 6.